The minimum Gasteiger partial charge on any atom is -0.378 e. The van der Waals surface area contributed by atoms with Crippen LogP contribution in [0.15, 0.2) is 47.2 Å². The standard InChI is InChI=1S/C13H12N4O2/c1-17-8-7-14-12(17)11-15-13(19-16-11)10(18)9-5-3-2-4-6-9/h2-8,10,18H,1H3. The highest BCUT2D eigenvalue weighted by atomic mass is 16.5. The number of aromatic nitrogens is 4. The van der Waals surface area contributed by atoms with Crippen LogP contribution in [0.4, 0.5) is 0 Å². The summed E-state index contributed by atoms with van der Waals surface area (Å²) in [6, 6.07) is 9.16. The second kappa shape index (κ2) is 4.66. The number of aliphatic hydroxyl groups is 1. The van der Waals surface area contributed by atoms with Gasteiger partial charge in [-0.3, -0.25) is 0 Å². The highest BCUT2D eigenvalue weighted by molar-refractivity contribution is 5.42. The molecule has 1 N–H and O–H groups in total. The zero-order valence-electron chi connectivity index (χ0n) is 10.3. The maximum atomic E-state index is 10.1. The first-order chi connectivity index (χ1) is 9.25. The first-order valence-electron chi connectivity index (χ1n) is 5.80. The zero-order chi connectivity index (χ0) is 13.2. The lowest BCUT2D eigenvalue weighted by atomic mass is 10.1. The van der Waals surface area contributed by atoms with Gasteiger partial charge in [-0.25, -0.2) is 4.98 Å². The summed E-state index contributed by atoms with van der Waals surface area (Å²) in [5.41, 5.74) is 0.706. The third-order valence-electron chi connectivity index (χ3n) is 2.81. The second-order valence-corrected chi connectivity index (χ2v) is 4.13. The lowest BCUT2D eigenvalue weighted by Crippen LogP contribution is -2.00. The maximum absolute atomic E-state index is 10.1. The molecule has 3 rings (SSSR count). The van der Waals surface area contributed by atoms with Gasteiger partial charge in [0, 0.05) is 19.4 Å². The molecule has 2 heterocycles. The molecule has 0 saturated carbocycles. The Morgan fingerprint density at radius 1 is 1.26 bits per heavy atom. The highest BCUT2D eigenvalue weighted by Gasteiger charge is 2.19. The van der Waals surface area contributed by atoms with Gasteiger partial charge in [0.25, 0.3) is 5.89 Å². The molecule has 0 saturated heterocycles. The monoisotopic (exact) mass is 256 g/mol. The minimum absolute atomic E-state index is 0.157. The molecule has 96 valence electrons. The van der Waals surface area contributed by atoms with Crippen molar-refractivity contribution < 1.29 is 9.63 Å². The number of aryl methyl sites for hydroxylation is 1. The van der Waals surface area contributed by atoms with Gasteiger partial charge in [0.05, 0.1) is 0 Å². The number of nitrogens with zero attached hydrogens (tertiary/aromatic N) is 4. The van der Waals surface area contributed by atoms with Crippen LogP contribution in [0.1, 0.15) is 17.6 Å². The van der Waals surface area contributed by atoms with E-state index in [-0.39, 0.29) is 5.89 Å². The van der Waals surface area contributed by atoms with Crippen LogP contribution in [0.5, 0.6) is 0 Å². The Hall–Kier alpha value is -2.47. The first kappa shape index (κ1) is 11.6. The van der Waals surface area contributed by atoms with Gasteiger partial charge < -0.3 is 14.2 Å². The molecule has 0 aliphatic heterocycles. The van der Waals surface area contributed by atoms with Gasteiger partial charge in [-0.15, -0.1) is 0 Å². The minimum atomic E-state index is -0.928. The van der Waals surface area contributed by atoms with E-state index in [2.05, 4.69) is 15.1 Å². The Morgan fingerprint density at radius 2 is 2.05 bits per heavy atom. The van der Waals surface area contributed by atoms with Crippen LogP contribution in [0.25, 0.3) is 11.6 Å². The Kier molecular flexibility index (Phi) is 2.85. The average molecular weight is 256 g/mol. The van der Waals surface area contributed by atoms with Gasteiger partial charge in [-0.2, -0.15) is 4.98 Å². The summed E-state index contributed by atoms with van der Waals surface area (Å²) in [6.45, 7) is 0. The van der Waals surface area contributed by atoms with Gasteiger partial charge >= 0.3 is 0 Å². The molecule has 0 aliphatic carbocycles. The van der Waals surface area contributed by atoms with Crippen LogP contribution in [-0.2, 0) is 7.05 Å². The molecule has 6 heteroatoms. The van der Waals surface area contributed by atoms with E-state index in [1.807, 2.05) is 25.2 Å². The van der Waals surface area contributed by atoms with Crippen LogP contribution in [0.3, 0.4) is 0 Å². The predicted octanol–water partition coefficient (Wildman–Crippen LogP) is 1.55. The smallest absolute Gasteiger partial charge is 0.260 e. The number of rotatable bonds is 3. The van der Waals surface area contributed by atoms with Crippen molar-refractivity contribution in [1.82, 2.24) is 19.7 Å². The van der Waals surface area contributed by atoms with Crippen LogP contribution in [-0.4, -0.2) is 24.8 Å². The lowest BCUT2D eigenvalue weighted by molar-refractivity contribution is 0.170. The van der Waals surface area contributed by atoms with Gasteiger partial charge in [0.1, 0.15) is 0 Å². The topological polar surface area (TPSA) is 77.0 Å². The fourth-order valence-corrected chi connectivity index (χ4v) is 1.80. The van der Waals surface area contributed by atoms with Crippen LogP contribution >= 0.6 is 0 Å². The number of hydrogen-bond donors (Lipinski definition) is 1. The van der Waals surface area contributed by atoms with E-state index in [9.17, 15) is 5.11 Å². The molecule has 1 aromatic carbocycles. The fourth-order valence-electron chi connectivity index (χ4n) is 1.80. The van der Waals surface area contributed by atoms with Gasteiger partial charge in [0.2, 0.25) is 5.82 Å². The first-order valence-corrected chi connectivity index (χ1v) is 5.80. The SMILES string of the molecule is Cn1ccnc1-c1noc(C(O)c2ccccc2)n1. The van der Waals surface area contributed by atoms with Crippen molar-refractivity contribution in [3.63, 3.8) is 0 Å². The number of benzene rings is 1. The van der Waals surface area contributed by atoms with E-state index >= 15 is 0 Å². The van der Waals surface area contributed by atoms with E-state index in [1.165, 1.54) is 0 Å². The van der Waals surface area contributed by atoms with Crippen molar-refractivity contribution in [3.05, 3.63) is 54.2 Å². The Labute approximate surface area is 109 Å². The largest absolute Gasteiger partial charge is 0.378 e. The molecule has 1 atom stereocenters. The normalized spacial score (nSPS) is 12.5. The summed E-state index contributed by atoms with van der Waals surface area (Å²) in [6.07, 6.45) is 2.51. The summed E-state index contributed by atoms with van der Waals surface area (Å²) < 4.78 is 6.88. The molecule has 19 heavy (non-hydrogen) atoms. The molecular weight excluding hydrogens is 244 g/mol. The summed E-state index contributed by atoms with van der Waals surface area (Å²) in [5.74, 6) is 1.11. The Bertz CT molecular complexity index is 675. The highest BCUT2D eigenvalue weighted by Crippen LogP contribution is 2.22. The third kappa shape index (κ3) is 2.13. The van der Waals surface area contributed by atoms with Crippen LogP contribution in [0.2, 0.25) is 0 Å². The zero-order valence-corrected chi connectivity index (χ0v) is 10.3. The molecular formula is C13H12N4O2. The van der Waals surface area contributed by atoms with E-state index in [0.29, 0.717) is 17.2 Å². The summed E-state index contributed by atoms with van der Waals surface area (Å²) in [4.78, 5) is 8.31. The average Bonchev–Trinajstić information content (AvgIpc) is 3.07. The number of hydrogen-bond acceptors (Lipinski definition) is 5. The number of aliphatic hydroxyl groups excluding tert-OH is 1. The maximum Gasteiger partial charge on any atom is 0.260 e. The molecule has 2 aromatic heterocycles. The molecule has 1 unspecified atom stereocenters. The molecule has 6 nitrogen and oxygen atoms in total. The molecule has 3 aromatic rings. The van der Waals surface area contributed by atoms with Crippen molar-refractivity contribution in [3.8, 4) is 11.6 Å². The second-order valence-electron chi connectivity index (χ2n) is 4.13. The quantitative estimate of drug-likeness (QED) is 0.769. The third-order valence-corrected chi connectivity index (χ3v) is 2.81. The van der Waals surface area contributed by atoms with E-state index < -0.39 is 6.10 Å². The van der Waals surface area contributed by atoms with Gasteiger partial charge in [-0.05, 0) is 5.56 Å². The summed E-state index contributed by atoms with van der Waals surface area (Å²) >= 11 is 0. The van der Waals surface area contributed by atoms with Gasteiger partial charge in [-0.1, -0.05) is 35.5 Å². The van der Waals surface area contributed by atoms with E-state index in [1.54, 1.807) is 29.1 Å². The summed E-state index contributed by atoms with van der Waals surface area (Å²) in [7, 11) is 1.84. The van der Waals surface area contributed by atoms with Gasteiger partial charge in [0.15, 0.2) is 11.9 Å². The van der Waals surface area contributed by atoms with Crippen molar-refractivity contribution in [2.45, 2.75) is 6.10 Å². The number of imidazole rings is 1. The summed E-state index contributed by atoms with van der Waals surface area (Å²) in [5, 5.41) is 14.0. The fraction of sp³-hybridized carbons (Fsp3) is 0.154. The molecule has 0 amide bonds. The van der Waals surface area contributed by atoms with Crippen LogP contribution in [0, 0.1) is 0 Å². The van der Waals surface area contributed by atoms with E-state index in [0.717, 1.165) is 0 Å². The van der Waals surface area contributed by atoms with Crippen molar-refractivity contribution in [1.29, 1.82) is 0 Å². The van der Waals surface area contributed by atoms with Crippen molar-refractivity contribution in [2.24, 2.45) is 7.05 Å². The van der Waals surface area contributed by atoms with Crippen molar-refractivity contribution in [2.75, 3.05) is 0 Å². The molecule has 0 aliphatic rings. The Morgan fingerprint density at radius 3 is 2.74 bits per heavy atom. The Balaban J connectivity index is 1.92. The lowest BCUT2D eigenvalue weighted by Gasteiger charge is -2.04. The van der Waals surface area contributed by atoms with Crippen molar-refractivity contribution >= 4 is 0 Å². The van der Waals surface area contributed by atoms with E-state index in [4.69, 9.17) is 4.52 Å². The molecule has 0 spiro atoms. The molecule has 0 bridgehead atoms. The molecule has 0 radical (unpaired) electrons. The predicted molar refractivity (Wildman–Crippen MR) is 67.0 cm³/mol. The van der Waals surface area contributed by atoms with Crippen LogP contribution < -0.4 is 0 Å². The molecule has 0 fully saturated rings.